The lowest BCUT2D eigenvalue weighted by atomic mass is 10.1. The second-order valence-corrected chi connectivity index (χ2v) is 7.23. The minimum absolute atomic E-state index is 0.00893. The number of rotatable bonds is 8. The maximum atomic E-state index is 12.9. The molecule has 0 saturated carbocycles. The number of ether oxygens (including phenoxy) is 3. The van der Waals surface area contributed by atoms with Gasteiger partial charge in [-0.25, -0.2) is 0 Å². The monoisotopic (exact) mass is 403 g/mol. The van der Waals surface area contributed by atoms with Gasteiger partial charge in [-0.05, 0) is 37.6 Å². The van der Waals surface area contributed by atoms with Crippen molar-refractivity contribution < 1.29 is 19.0 Å². The summed E-state index contributed by atoms with van der Waals surface area (Å²) >= 11 is 6.18. The average molecular weight is 404 g/mol. The van der Waals surface area contributed by atoms with Crippen molar-refractivity contribution in [1.82, 2.24) is 4.90 Å². The van der Waals surface area contributed by atoms with Gasteiger partial charge in [0.15, 0.2) is 11.5 Å². The second kappa shape index (κ2) is 9.80. The van der Waals surface area contributed by atoms with E-state index in [4.69, 9.17) is 25.8 Å². The summed E-state index contributed by atoms with van der Waals surface area (Å²) in [6.07, 6.45) is 1.00. The molecule has 0 spiro atoms. The van der Waals surface area contributed by atoms with Gasteiger partial charge in [-0.15, -0.1) is 0 Å². The van der Waals surface area contributed by atoms with E-state index in [-0.39, 0.29) is 5.91 Å². The van der Waals surface area contributed by atoms with Crippen molar-refractivity contribution in [2.24, 2.45) is 5.92 Å². The van der Waals surface area contributed by atoms with Gasteiger partial charge in [-0.3, -0.25) is 4.79 Å². The predicted octanol–water partition coefficient (Wildman–Crippen LogP) is 4.43. The highest BCUT2D eigenvalue weighted by atomic mass is 35.5. The molecule has 2 aromatic carbocycles. The van der Waals surface area contributed by atoms with E-state index >= 15 is 0 Å². The number of hydrogen-bond acceptors (Lipinski definition) is 4. The molecule has 1 unspecified atom stereocenters. The molecule has 0 aromatic heterocycles. The Morgan fingerprint density at radius 3 is 2.75 bits per heavy atom. The van der Waals surface area contributed by atoms with Gasteiger partial charge >= 0.3 is 0 Å². The molecule has 150 valence electrons. The number of hydrogen-bond donors (Lipinski definition) is 0. The van der Waals surface area contributed by atoms with E-state index < -0.39 is 0 Å². The standard InChI is InChI=1S/C22H26ClNO4/c1-3-24(13-16-10-11-27-14-16)22(25)17-8-9-20(21(12-17)26-2)28-15-18-6-4-5-7-19(18)23/h4-9,12,16H,3,10-11,13-15H2,1-2H3. The van der Waals surface area contributed by atoms with Crippen LogP contribution in [0, 0.1) is 5.92 Å². The van der Waals surface area contributed by atoms with Crippen molar-refractivity contribution >= 4 is 17.5 Å². The zero-order chi connectivity index (χ0) is 19.9. The van der Waals surface area contributed by atoms with Crippen LogP contribution in [0.2, 0.25) is 5.02 Å². The lowest BCUT2D eigenvalue weighted by molar-refractivity contribution is 0.0730. The Balaban J connectivity index is 1.70. The average Bonchev–Trinajstić information content (AvgIpc) is 3.24. The van der Waals surface area contributed by atoms with Crippen LogP contribution < -0.4 is 9.47 Å². The van der Waals surface area contributed by atoms with Gasteiger partial charge in [0.05, 0.1) is 13.7 Å². The fraction of sp³-hybridized carbons (Fsp3) is 0.409. The van der Waals surface area contributed by atoms with Crippen molar-refractivity contribution in [2.45, 2.75) is 20.0 Å². The summed E-state index contributed by atoms with van der Waals surface area (Å²) in [6, 6.07) is 12.8. The first-order valence-electron chi connectivity index (χ1n) is 9.53. The Morgan fingerprint density at radius 1 is 1.25 bits per heavy atom. The van der Waals surface area contributed by atoms with E-state index in [1.54, 1.807) is 25.3 Å². The number of amides is 1. The molecule has 1 amide bonds. The SMILES string of the molecule is CCN(CC1CCOC1)C(=O)c1ccc(OCc2ccccc2Cl)c(OC)c1. The van der Waals surface area contributed by atoms with Gasteiger partial charge in [0.1, 0.15) is 6.61 Å². The van der Waals surface area contributed by atoms with E-state index in [0.717, 1.165) is 25.2 Å². The Bertz CT molecular complexity index is 805. The van der Waals surface area contributed by atoms with Crippen LogP contribution in [0.25, 0.3) is 0 Å². The number of methoxy groups -OCH3 is 1. The highest BCUT2D eigenvalue weighted by molar-refractivity contribution is 6.31. The first kappa shape index (κ1) is 20.5. The van der Waals surface area contributed by atoms with Gasteiger partial charge in [0, 0.05) is 41.8 Å². The Labute approximate surface area is 171 Å². The zero-order valence-corrected chi connectivity index (χ0v) is 17.1. The zero-order valence-electron chi connectivity index (χ0n) is 16.3. The molecule has 1 aliphatic rings. The van der Waals surface area contributed by atoms with Crippen LogP contribution in [0.15, 0.2) is 42.5 Å². The molecule has 28 heavy (non-hydrogen) atoms. The van der Waals surface area contributed by atoms with E-state index in [9.17, 15) is 4.79 Å². The summed E-state index contributed by atoms with van der Waals surface area (Å²) in [5.74, 6) is 1.50. The normalized spacial score (nSPS) is 16.0. The van der Waals surface area contributed by atoms with Gasteiger partial charge in [0.25, 0.3) is 5.91 Å². The molecule has 1 atom stereocenters. The molecule has 0 radical (unpaired) electrons. The Hall–Kier alpha value is -2.24. The third-order valence-corrected chi connectivity index (χ3v) is 5.29. The number of nitrogens with zero attached hydrogens (tertiary/aromatic N) is 1. The number of carbonyl (C=O) groups excluding carboxylic acids is 1. The first-order chi connectivity index (χ1) is 13.6. The Morgan fingerprint density at radius 2 is 2.07 bits per heavy atom. The number of benzene rings is 2. The first-order valence-corrected chi connectivity index (χ1v) is 9.91. The molecule has 1 saturated heterocycles. The van der Waals surface area contributed by atoms with Gasteiger partial charge < -0.3 is 19.1 Å². The van der Waals surface area contributed by atoms with Crippen LogP contribution in [0.3, 0.4) is 0 Å². The van der Waals surface area contributed by atoms with Gasteiger partial charge in [-0.2, -0.15) is 0 Å². The van der Waals surface area contributed by atoms with E-state index in [1.165, 1.54) is 0 Å². The van der Waals surface area contributed by atoms with Crippen LogP contribution in [-0.2, 0) is 11.3 Å². The molecule has 0 N–H and O–H groups in total. The molecule has 5 nitrogen and oxygen atoms in total. The van der Waals surface area contributed by atoms with Crippen LogP contribution in [-0.4, -0.2) is 44.2 Å². The quantitative estimate of drug-likeness (QED) is 0.654. The molecule has 1 heterocycles. The van der Waals surface area contributed by atoms with E-state index in [2.05, 4.69) is 0 Å². The van der Waals surface area contributed by atoms with Crippen LogP contribution in [0.1, 0.15) is 29.3 Å². The molecule has 0 aliphatic carbocycles. The van der Waals surface area contributed by atoms with Crippen molar-refractivity contribution in [3.8, 4) is 11.5 Å². The summed E-state index contributed by atoms with van der Waals surface area (Å²) in [5, 5.41) is 0.655. The molecule has 0 bridgehead atoms. The highest BCUT2D eigenvalue weighted by Gasteiger charge is 2.23. The number of halogens is 1. The molecular weight excluding hydrogens is 378 g/mol. The van der Waals surface area contributed by atoms with Crippen LogP contribution >= 0.6 is 11.6 Å². The molecule has 3 rings (SSSR count). The van der Waals surface area contributed by atoms with Gasteiger partial charge in [-0.1, -0.05) is 29.8 Å². The number of carbonyl (C=O) groups is 1. The maximum absolute atomic E-state index is 12.9. The fourth-order valence-electron chi connectivity index (χ4n) is 3.27. The van der Waals surface area contributed by atoms with Crippen LogP contribution in [0.5, 0.6) is 11.5 Å². The molecule has 1 aliphatic heterocycles. The predicted molar refractivity (Wildman–Crippen MR) is 109 cm³/mol. The minimum Gasteiger partial charge on any atom is -0.493 e. The third-order valence-electron chi connectivity index (χ3n) is 4.92. The van der Waals surface area contributed by atoms with Crippen molar-refractivity contribution in [3.63, 3.8) is 0 Å². The lowest BCUT2D eigenvalue weighted by Gasteiger charge is -2.24. The van der Waals surface area contributed by atoms with Gasteiger partial charge in [0.2, 0.25) is 0 Å². The smallest absolute Gasteiger partial charge is 0.253 e. The molecular formula is C22H26ClNO4. The maximum Gasteiger partial charge on any atom is 0.253 e. The summed E-state index contributed by atoms with van der Waals surface area (Å²) < 4.78 is 16.8. The molecule has 6 heteroatoms. The topological polar surface area (TPSA) is 48.0 Å². The largest absolute Gasteiger partial charge is 0.493 e. The van der Waals surface area contributed by atoms with E-state index in [1.807, 2.05) is 36.1 Å². The van der Waals surface area contributed by atoms with Crippen molar-refractivity contribution in [1.29, 1.82) is 0 Å². The fourth-order valence-corrected chi connectivity index (χ4v) is 3.46. The highest BCUT2D eigenvalue weighted by Crippen LogP contribution is 2.30. The van der Waals surface area contributed by atoms with Crippen molar-refractivity contribution in [2.75, 3.05) is 33.4 Å². The summed E-state index contributed by atoms with van der Waals surface area (Å²) in [6.45, 7) is 5.19. The second-order valence-electron chi connectivity index (χ2n) is 6.82. The van der Waals surface area contributed by atoms with Crippen LogP contribution in [0.4, 0.5) is 0 Å². The molecule has 2 aromatic rings. The van der Waals surface area contributed by atoms with E-state index in [0.29, 0.717) is 47.7 Å². The van der Waals surface area contributed by atoms with Crippen molar-refractivity contribution in [3.05, 3.63) is 58.6 Å². The third kappa shape index (κ3) is 4.97. The minimum atomic E-state index is -0.00893. The summed E-state index contributed by atoms with van der Waals surface area (Å²) in [5.41, 5.74) is 1.48. The summed E-state index contributed by atoms with van der Waals surface area (Å²) in [4.78, 5) is 14.8. The molecule has 1 fully saturated rings. The lowest BCUT2D eigenvalue weighted by Crippen LogP contribution is -2.35. The Kier molecular flexibility index (Phi) is 7.18. The summed E-state index contributed by atoms with van der Waals surface area (Å²) in [7, 11) is 1.57.